The molecule has 0 bridgehead atoms. The zero-order chi connectivity index (χ0) is 15.9. The molecule has 0 aliphatic rings. The third kappa shape index (κ3) is 5.66. The quantitative estimate of drug-likeness (QED) is 0.382. The fraction of sp³-hybridized carbons (Fsp3) is 0.583. The zero-order valence-electron chi connectivity index (χ0n) is 11.9. The number of rotatable bonds is 9. The molecule has 1 aromatic heterocycles. The lowest BCUT2D eigenvalue weighted by molar-refractivity contribution is 0.0206. The highest BCUT2D eigenvalue weighted by Crippen LogP contribution is 2.19. The summed E-state index contributed by atoms with van der Waals surface area (Å²) >= 11 is 0. The van der Waals surface area contributed by atoms with Crippen molar-refractivity contribution in [2.45, 2.75) is 18.4 Å². The SMILES string of the molecule is CCn1cc(S(=O)(=O)Cl)cc1C(=O)OCCOCCOC. The van der Waals surface area contributed by atoms with Crippen LogP contribution in [0.1, 0.15) is 17.4 Å². The Morgan fingerprint density at radius 2 is 1.95 bits per heavy atom. The maximum atomic E-state index is 11.9. The van der Waals surface area contributed by atoms with Crippen molar-refractivity contribution < 1.29 is 27.4 Å². The number of carbonyl (C=O) groups is 1. The molecule has 120 valence electrons. The maximum Gasteiger partial charge on any atom is 0.355 e. The predicted octanol–water partition coefficient (Wildman–Crippen LogP) is 1.26. The normalized spacial score (nSPS) is 11.6. The number of nitrogens with zero attached hydrogens (tertiary/aromatic N) is 1. The van der Waals surface area contributed by atoms with Crippen molar-refractivity contribution in [2.75, 3.05) is 33.5 Å². The first kappa shape index (κ1) is 18.0. The van der Waals surface area contributed by atoms with Gasteiger partial charge in [0.2, 0.25) is 0 Å². The summed E-state index contributed by atoms with van der Waals surface area (Å²) in [5.74, 6) is -0.626. The molecule has 0 amide bonds. The van der Waals surface area contributed by atoms with Crippen LogP contribution >= 0.6 is 10.7 Å². The topological polar surface area (TPSA) is 83.8 Å². The van der Waals surface area contributed by atoms with E-state index >= 15 is 0 Å². The van der Waals surface area contributed by atoms with Crippen molar-refractivity contribution in [3.63, 3.8) is 0 Å². The molecule has 1 heterocycles. The van der Waals surface area contributed by atoms with Gasteiger partial charge >= 0.3 is 5.97 Å². The average Bonchev–Trinajstić information content (AvgIpc) is 2.86. The van der Waals surface area contributed by atoms with Crippen LogP contribution in [0.5, 0.6) is 0 Å². The Hall–Kier alpha value is -1.09. The van der Waals surface area contributed by atoms with E-state index < -0.39 is 15.0 Å². The molecule has 0 radical (unpaired) electrons. The van der Waals surface area contributed by atoms with Crippen LogP contribution in [0.2, 0.25) is 0 Å². The summed E-state index contributed by atoms with van der Waals surface area (Å²) in [4.78, 5) is 11.8. The van der Waals surface area contributed by atoms with Crippen LogP contribution in [0.3, 0.4) is 0 Å². The third-order valence-corrected chi connectivity index (χ3v) is 3.92. The molecular formula is C12H18ClNO6S. The fourth-order valence-electron chi connectivity index (χ4n) is 1.56. The molecule has 0 aliphatic heterocycles. The van der Waals surface area contributed by atoms with Gasteiger partial charge in [0.15, 0.2) is 0 Å². The first-order valence-electron chi connectivity index (χ1n) is 6.28. The van der Waals surface area contributed by atoms with Crippen LogP contribution in [0.25, 0.3) is 0 Å². The van der Waals surface area contributed by atoms with Gasteiger partial charge in [0.1, 0.15) is 17.2 Å². The number of hydrogen-bond donors (Lipinski definition) is 0. The molecule has 0 saturated heterocycles. The summed E-state index contributed by atoms with van der Waals surface area (Å²) in [7, 11) is 2.94. The van der Waals surface area contributed by atoms with E-state index in [1.165, 1.54) is 16.8 Å². The Morgan fingerprint density at radius 3 is 2.52 bits per heavy atom. The van der Waals surface area contributed by atoms with Crippen molar-refractivity contribution in [3.05, 3.63) is 18.0 Å². The Balaban J connectivity index is 2.59. The van der Waals surface area contributed by atoms with Gasteiger partial charge in [0.25, 0.3) is 9.05 Å². The minimum atomic E-state index is -3.88. The van der Waals surface area contributed by atoms with E-state index in [-0.39, 0.29) is 23.8 Å². The predicted molar refractivity (Wildman–Crippen MR) is 76.1 cm³/mol. The van der Waals surface area contributed by atoms with Crippen molar-refractivity contribution in [2.24, 2.45) is 0 Å². The highest BCUT2D eigenvalue weighted by atomic mass is 35.7. The second kappa shape index (κ2) is 8.38. The van der Waals surface area contributed by atoms with Gasteiger partial charge in [-0.3, -0.25) is 0 Å². The third-order valence-electron chi connectivity index (χ3n) is 2.60. The number of hydrogen-bond acceptors (Lipinski definition) is 6. The molecule has 0 spiro atoms. The molecule has 0 aromatic carbocycles. The molecule has 21 heavy (non-hydrogen) atoms. The van der Waals surface area contributed by atoms with E-state index in [0.717, 1.165) is 0 Å². The van der Waals surface area contributed by atoms with Crippen LogP contribution in [0.15, 0.2) is 17.2 Å². The lowest BCUT2D eigenvalue weighted by Gasteiger charge is -2.07. The number of esters is 1. The molecule has 9 heteroatoms. The maximum absolute atomic E-state index is 11.9. The zero-order valence-corrected chi connectivity index (χ0v) is 13.4. The molecular weight excluding hydrogens is 322 g/mol. The number of carbonyl (C=O) groups excluding carboxylic acids is 1. The van der Waals surface area contributed by atoms with Crippen LogP contribution in [0, 0.1) is 0 Å². The van der Waals surface area contributed by atoms with E-state index in [1.807, 2.05) is 0 Å². The van der Waals surface area contributed by atoms with Crippen LogP contribution in [0.4, 0.5) is 0 Å². The summed E-state index contributed by atoms with van der Waals surface area (Å²) < 4.78 is 39.0. The largest absolute Gasteiger partial charge is 0.459 e. The summed E-state index contributed by atoms with van der Waals surface area (Å²) in [5, 5.41) is 0. The highest BCUT2D eigenvalue weighted by Gasteiger charge is 2.20. The molecule has 0 unspecified atom stereocenters. The van der Waals surface area contributed by atoms with Crippen molar-refractivity contribution in [3.8, 4) is 0 Å². The van der Waals surface area contributed by atoms with Gasteiger partial charge in [-0.2, -0.15) is 0 Å². The molecule has 0 saturated carbocycles. The van der Waals surface area contributed by atoms with Crippen molar-refractivity contribution >= 4 is 25.7 Å². The standard InChI is InChI=1S/C12H18ClNO6S/c1-3-14-9-10(21(13,16)17)8-11(14)12(15)20-7-6-19-5-4-18-2/h8-9H,3-7H2,1-2H3. The Labute approximate surface area is 128 Å². The molecule has 0 atom stereocenters. The number of methoxy groups -OCH3 is 1. The highest BCUT2D eigenvalue weighted by molar-refractivity contribution is 8.13. The minimum absolute atomic E-state index is 0.0698. The van der Waals surface area contributed by atoms with E-state index in [4.69, 9.17) is 24.9 Å². The van der Waals surface area contributed by atoms with Crippen molar-refractivity contribution in [1.29, 1.82) is 0 Å². The van der Waals surface area contributed by atoms with E-state index in [0.29, 0.717) is 19.8 Å². The molecule has 1 rings (SSSR count). The van der Waals surface area contributed by atoms with Crippen molar-refractivity contribution in [1.82, 2.24) is 4.57 Å². The molecule has 0 fully saturated rings. The van der Waals surface area contributed by atoms with Gasteiger partial charge in [0.05, 0.1) is 19.8 Å². The van der Waals surface area contributed by atoms with Gasteiger partial charge in [-0.05, 0) is 13.0 Å². The lowest BCUT2D eigenvalue weighted by atomic mass is 10.4. The second-order valence-corrected chi connectivity index (χ2v) is 6.59. The van der Waals surface area contributed by atoms with Crippen LogP contribution in [-0.2, 0) is 29.8 Å². The molecule has 0 aliphatic carbocycles. The monoisotopic (exact) mass is 339 g/mol. The number of aryl methyl sites for hydroxylation is 1. The van der Waals surface area contributed by atoms with Gasteiger partial charge < -0.3 is 18.8 Å². The summed E-state index contributed by atoms with van der Waals surface area (Å²) in [6.45, 7) is 3.37. The molecule has 1 aromatic rings. The average molecular weight is 340 g/mol. The first-order chi connectivity index (χ1) is 9.90. The van der Waals surface area contributed by atoms with E-state index in [1.54, 1.807) is 14.0 Å². The Kier molecular flexibility index (Phi) is 7.16. The van der Waals surface area contributed by atoms with Gasteiger partial charge in [-0.15, -0.1) is 0 Å². The van der Waals surface area contributed by atoms with E-state index in [9.17, 15) is 13.2 Å². The Bertz CT molecular complexity index is 568. The van der Waals surface area contributed by atoms with Crippen LogP contribution < -0.4 is 0 Å². The first-order valence-corrected chi connectivity index (χ1v) is 8.59. The lowest BCUT2D eigenvalue weighted by Crippen LogP contribution is -2.15. The van der Waals surface area contributed by atoms with E-state index in [2.05, 4.69) is 0 Å². The molecule has 7 nitrogen and oxygen atoms in total. The smallest absolute Gasteiger partial charge is 0.355 e. The second-order valence-electron chi connectivity index (χ2n) is 4.03. The summed E-state index contributed by atoms with van der Waals surface area (Å²) in [6, 6.07) is 1.19. The number of ether oxygens (including phenoxy) is 3. The van der Waals surface area contributed by atoms with Gasteiger partial charge in [-0.25, -0.2) is 13.2 Å². The molecule has 0 N–H and O–H groups in total. The summed E-state index contributed by atoms with van der Waals surface area (Å²) in [5.41, 5.74) is 0.133. The minimum Gasteiger partial charge on any atom is -0.459 e. The fourth-order valence-corrected chi connectivity index (χ4v) is 2.32. The Morgan fingerprint density at radius 1 is 1.29 bits per heavy atom. The van der Waals surface area contributed by atoms with Gasteiger partial charge in [-0.1, -0.05) is 0 Å². The number of aromatic nitrogens is 1. The number of halogens is 1. The van der Waals surface area contributed by atoms with Gasteiger partial charge in [0, 0.05) is 30.5 Å². The van der Waals surface area contributed by atoms with Crippen LogP contribution in [-0.4, -0.2) is 52.5 Å². The summed E-state index contributed by atoms with van der Waals surface area (Å²) in [6.07, 6.45) is 1.30.